The first-order valence-corrected chi connectivity index (χ1v) is 5.00. The maximum Gasteiger partial charge on any atom is 0.121 e. The van der Waals surface area contributed by atoms with Gasteiger partial charge in [-0.25, -0.2) is 0 Å². The summed E-state index contributed by atoms with van der Waals surface area (Å²) < 4.78 is 5.07. The Kier molecular flexibility index (Phi) is 3.75. The number of hydrogen-bond donors (Lipinski definition) is 2. The molecule has 0 radical (unpaired) electrons. The lowest BCUT2D eigenvalue weighted by Gasteiger charge is -2.19. The van der Waals surface area contributed by atoms with E-state index in [9.17, 15) is 5.11 Å². The SMILES string of the molecule is COc1ccc(C#N)c(NCC(C)(C)O)c1. The molecule has 0 saturated carbocycles. The van der Waals surface area contributed by atoms with Gasteiger partial charge in [-0.2, -0.15) is 5.26 Å². The van der Waals surface area contributed by atoms with Crippen LogP contribution in [0.2, 0.25) is 0 Å². The lowest BCUT2D eigenvalue weighted by Crippen LogP contribution is -2.29. The number of hydrogen-bond acceptors (Lipinski definition) is 4. The van der Waals surface area contributed by atoms with E-state index in [2.05, 4.69) is 11.4 Å². The second-order valence-electron chi connectivity index (χ2n) is 4.19. The van der Waals surface area contributed by atoms with E-state index < -0.39 is 5.60 Å². The van der Waals surface area contributed by atoms with E-state index in [1.165, 1.54) is 0 Å². The Balaban J connectivity index is 2.89. The molecule has 0 fully saturated rings. The first kappa shape index (κ1) is 12.3. The maximum atomic E-state index is 9.59. The molecule has 0 spiro atoms. The zero-order valence-corrected chi connectivity index (χ0v) is 9.74. The zero-order chi connectivity index (χ0) is 12.2. The van der Waals surface area contributed by atoms with Crippen molar-refractivity contribution in [1.82, 2.24) is 0 Å². The molecule has 0 aromatic heterocycles. The molecule has 4 heteroatoms. The monoisotopic (exact) mass is 220 g/mol. The normalized spacial score (nSPS) is 10.7. The summed E-state index contributed by atoms with van der Waals surface area (Å²) in [7, 11) is 1.57. The van der Waals surface area contributed by atoms with Gasteiger partial charge in [-0.05, 0) is 26.0 Å². The molecule has 0 aliphatic rings. The second kappa shape index (κ2) is 4.86. The Bertz CT molecular complexity index is 402. The molecule has 4 nitrogen and oxygen atoms in total. The van der Waals surface area contributed by atoms with E-state index in [1.807, 2.05) is 0 Å². The maximum absolute atomic E-state index is 9.59. The van der Waals surface area contributed by atoms with Crippen molar-refractivity contribution in [2.75, 3.05) is 19.0 Å². The van der Waals surface area contributed by atoms with E-state index >= 15 is 0 Å². The Morgan fingerprint density at radius 3 is 2.69 bits per heavy atom. The number of rotatable bonds is 4. The fourth-order valence-electron chi connectivity index (χ4n) is 1.21. The van der Waals surface area contributed by atoms with Crippen LogP contribution in [0, 0.1) is 11.3 Å². The average molecular weight is 220 g/mol. The molecule has 0 atom stereocenters. The number of ether oxygens (including phenoxy) is 1. The van der Waals surface area contributed by atoms with Crippen LogP contribution in [-0.2, 0) is 0 Å². The van der Waals surface area contributed by atoms with Gasteiger partial charge in [-0.15, -0.1) is 0 Å². The summed E-state index contributed by atoms with van der Waals surface area (Å²) >= 11 is 0. The highest BCUT2D eigenvalue weighted by atomic mass is 16.5. The van der Waals surface area contributed by atoms with Crippen LogP contribution >= 0.6 is 0 Å². The lowest BCUT2D eigenvalue weighted by molar-refractivity contribution is 0.0945. The van der Waals surface area contributed by atoms with Crippen molar-refractivity contribution in [3.8, 4) is 11.8 Å². The first-order chi connectivity index (χ1) is 7.46. The highest BCUT2D eigenvalue weighted by molar-refractivity contribution is 5.60. The Morgan fingerprint density at radius 1 is 1.50 bits per heavy atom. The van der Waals surface area contributed by atoms with Gasteiger partial charge >= 0.3 is 0 Å². The van der Waals surface area contributed by atoms with Crippen molar-refractivity contribution >= 4 is 5.69 Å². The van der Waals surface area contributed by atoms with Crippen LogP contribution in [-0.4, -0.2) is 24.4 Å². The van der Waals surface area contributed by atoms with Crippen molar-refractivity contribution in [3.05, 3.63) is 23.8 Å². The molecular formula is C12H16N2O2. The summed E-state index contributed by atoms with van der Waals surface area (Å²) in [6, 6.07) is 7.24. The zero-order valence-electron chi connectivity index (χ0n) is 9.74. The van der Waals surface area contributed by atoms with Crippen molar-refractivity contribution in [2.24, 2.45) is 0 Å². The van der Waals surface area contributed by atoms with E-state index in [0.717, 1.165) is 0 Å². The molecule has 86 valence electrons. The number of benzene rings is 1. The van der Waals surface area contributed by atoms with E-state index in [1.54, 1.807) is 39.2 Å². The predicted octanol–water partition coefficient (Wildman–Crippen LogP) is 1.75. The van der Waals surface area contributed by atoms with Crippen molar-refractivity contribution in [1.29, 1.82) is 5.26 Å². The molecular weight excluding hydrogens is 204 g/mol. The van der Waals surface area contributed by atoms with Gasteiger partial charge in [0.25, 0.3) is 0 Å². The molecule has 0 bridgehead atoms. The highest BCUT2D eigenvalue weighted by Crippen LogP contribution is 2.22. The Morgan fingerprint density at radius 2 is 2.19 bits per heavy atom. The highest BCUT2D eigenvalue weighted by Gasteiger charge is 2.13. The van der Waals surface area contributed by atoms with Crippen LogP contribution < -0.4 is 10.1 Å². The fraction of sp³-hybridized carbons (Fsp3) is 0.417. The summed E-state index contributed by atoms with van der Waals surface area (Å²) in [5.74, 6) is 0.678. The summed E-state index contributed by atoms with van der Waals surface area (Å²) in [6.07, 6.45) is 0. The van der Waals surface area contributed by atoms with E-state index in [0.29, 0.717) is 23.5 Å². The topological polar surface area (TPSA) is 65.3 Å². The molecule has 1 rings (SSSR count). The summed E-state index contributed by atoms with van der Waals surface area (Å²) in [4.78, 5) is 0. The van der Waals surface area contributed by atoms with Gasteiger partial charge in [0.15, 0.2) is 0 Å². The molecule has 0 saturated heterocycles. The minimum absolute atomic E-state index is 0.370. The van der Waals surface area contributed by atoms with Crippen LogP contribution in [0.1, 0.15) is 19.4 Å². The van der Waals surface area contributed by atoms with E-state index in [4.69, 9.17) is 10.00 Å². The van der Waals surface area contributed by atoms with Crippen LogP contribution in [0.3, 0.4) is 0 Å². The third-order valence-corrected chi connectivity index (χ3v) is 2.06. The van der Waals surface area contributed by atoms with Gasteiger partial charge in [0, 0.05) is 12.6 Å². The molecule has 1 aromatic carbocycles. The molecule has 2 N–H and O–H groups in total. The summed E-state index contributed by atoms with van der Waals surface area (Å²) in [6.45, 7) is 3.77. The number of nitriles is 1. The molecule has 16 heavy (non-hydrogen) atoms. The quantitative estimate of drug-likeness (QED) is 0.811. The Hall–Kier alpha value is -1.73. The van der Waals surface area contributed by atoms with Crippen LogP contribution in [0.25, 0.3) is 0 Å². The third-order valence-electron chi connectivity index (χ3n) is 2.06. The summed E-state index contributed by atoms with van der Waals surface area (Å²) in [5.41, 5.74) is 0.379. The molecule has 0 aliphatic heterocycles. The lowest BCUT2D eigenvalue weighted by atomic mass is 10.1. The molecule has 0 amide bonds. The number of nitrogens with zero attached hydrogens (tertiary/aromatic N) is 1. The van der Waals surface area contributed by atoms with Crippen LogP contribution in [0.15, 0.2) is 18.2 Å². The number of methoxy groups -OCH3 is 1. The molecule has 0 aliphatic carbocycles. The first-order valence-electron chi connectivity index (χ1n) is 5.00. The Labute approximate surface area is 95.5 Å². The van der Waals surface area contributed by atoms with E-state index in [-0.39, 0.29) is 0 Å². The van der Waals surface area contributed by atoms with Crippen molar-refractivity contribution in [2.45, 2.75) is 19.4 Å². The van der Waals surface area contributed by atoms with Crippen molar-refractivity contribution in [3.63, 3.8) is 0 Å². The average Bonchev–Trinajstić information content (AvgIpc) is 2.25. The summed E-state index contributed by atoms with van der Waals surface area (Å²) in [5, 5.41) is 21.5. The van der Waals surface area contributed by atoms with Gasteiger partial charge in [0.05, 0.1) is 24.0 Å². The third kappa shape index (κ3) is 3.44. The van der Waals surface area contributed by atoms with Crippen molar-refractivity contribution < 1.29 is 9.84 Å². The minimum atomic E-state index is -0.824. The number of aliphatic hydroxyl groups is 1. The van der Waals surface area contributed by atoms with Gasteiger partial charge in [-0.3, -0.25) is 0 Å². The molecule has 1 aromatic rings. The predicted molar refractivity (Wildman–Crippen MR) is 62.5 cm³/mol. The smallest absolute Gasteiger partial charge is 0.121 e. The number of nitrogens with one attached hydrogen (secondary N) is 1. The number of anilines is 1. The second-order valence-corrected chi connectivity index (χ2v) is 4.19. The van der Waals surface area contributed by atoms with Gasteiger partial charge in [0.2, 0.25) is 0 Å². The van der Waals surface area contributed by atoms with Crippen LogP contribution in [0.4, 0.5) is 5.69 Å². The fourth-order valence-corrected chi connectivity index (χ4v) is 1.21. The van der Waals surface area contributed by atoms with Gasteiger partial charge in [0.1, 0.15) is 11.8 Å². The molecule has 0 heterocycles. The largest absolute Gasteiger partial charge is 0.497 e. The van der Waals surface area contributed by atoms with Gasteiger partial charge < -0.3 is 15.2 Å². The standard InChI is InChI=1S/C12H16N2O2/c1-12(2,15)8-14-11-6-10(16-3)5-4-9(11)7-13/h4-6,14-15H,8H2,1-3H3. The van der Waals surface area contributed by atoms with Crippen LogP contribution in [0.5, 0.6) is 5.75 Å². The van der Waals surface area contributed by atoms with Gasteiger partial charge in [-0.1, -0.05) is 0 Å². The molecule has 0 unspecified atom stereocenters. The minimum Gasteiger partial charge on any atom is -0.497 e.